The molecule has 0 unspecified atom stereocenters. The fourth-order valence-electron chi connectivity index (χ4n) is 1.88. The van der Waals surface area contributed by atoms with Crippen LogP contribution in [0.5, 0.6) is 11.6 Å². The van der Waals surface area contributed by atoms with Crippen molar-refractivity contribution >= 4 is 17.4 Å². The Bertz CT molecular complexity index is 591. The van der Waals surface area contributed by atoms with Crippen LogP contribution in [0.25, 0.3) is 0 Å². The standard InChI is InChI=1S/C14H16ClN3O/c1-8-5-11(15)6-9(2)14(8)19-13-7-12(16-4)17-10(3)18-13/h5-7H,1-4H3,(H,16,17,18). The van der Waals surface area contributed by atoms with E-state index < -0.39 is 0 Å². The summed E-state index contributed by atoms with van der Waals surface area (Å²) in [5.41, 5.74) is 1.96. The minimum absolute atomic E-state index is 0.519. The molecule has 5 heteroatoms. The van der Waals surface area contributed by atoms with Crippen LogP contribution in [0.1, 0.15) is 17.0 Å². The van der Waals surface area contributed by atoms with E-state index in [9.17, 15) is 0 Å². The average Bonchev–Trinajstić information content (AvgIpc) is 2.33. The number of aromatic nitrogens is 2. The van der Waals surface area contributed by atoms with Gasteiger partial charge in [0.25, 0.3) is 0 Å². The molecule has 0 radical (unpaired) electrons. The second kappa shape index (κ2) is 5.45. The van der Waals surface area contributed by atoms with E-state index in [1.54, 1.807) is 6.07 Å². The van der Waals surface area contributed by atoms with Gasteiger partial charge in [-0.05, 0) is 44.0 Å². The van der Waals surface area contributed by atoms with Crippen LogP contribution in [0.2, 0.25) is 5.02 Å². The molecular formula is C14H16ClN3O. The van der Waals surface area contributed by atoms with E-state index in [4.69, 9.17) is 16.3 Å². The first kappa shape index (κ1) is 13.6. The SMILES string of the molecule is CNc1cc(Oc2c(C)cc(Cl)cc2C)nc(C)n1. The van der Waals surface area contributed by atoms with Crippen molar-refractivity contribution in [2.75, 3.05) is 12.4 Å². The monoisotopic (exact) mass is 277 g/mol. The Morgan fingerprint density at radius 2 is 1.68 bits per heavy atom. The van der Waals surface area contributed by atoms with E-state index in [2.05, 4.69) is 15.3 Å². The highest BCUT2D eigenvalue weighted by Gasteiger charge is 2.09. The Labute approximate surface area is 117 Å². The van der Waals surface area contributed by atoms with E-state index >= 15 is 0 Å². The molecule has 0 spiro atoms. The first-order valence-corrected chi connectivity index (χ1v) is 6.35. The molecule has 0 saturated heterocycles. The number of rotatable bonds is 3. The van der Waals surface area contributed by atoms with E-state index in [0.717, 1.165) is 22.7 Å². The average molecular weight is 278 g/mol. The quantitative estimate of drug-likeness (QED) is 0.925. The Morgan fingerprint density at radius 1 is 1.05 bits per heavy atom. The third-order valence-corrected chi connectivity index (χ3v) is 2.92. The zero-order valence-electron chi connectivity index (χ0n) is 11.4. The molecule has 1 aromatic heterocycles. The predicted molar refractivity (Wildman–Crippen MR) is 77.3 cm³/mol. The van der Waals surface area contributed by atoms with Crippen molar-refractivity contribution in [3.05, 3.63) is 40.2 Å². The third-order valence-electron chi connectivity index (χ3n) is 2.70. The Hall–Kier alpha value is -1.81. The lowest BCUT2D eigenvalue weighted by Crippen LogP contribution is -2.00. The fraction of sp³-hybridized carbons (Fsp3) is 0.286. The Balaban J connectivity index is 2.39. The van der Waals surface area contributed by atoms with Crippen molar-refractivity contribution in [1.82, 2.24) is 9.97 Å². The maximum atomic E-state index is 6.01. The summed E-state index contributed by atoms with van der Waals surface area (Å²) < 4.78 is 5.87. The van der Waals surface area contributed by atoms with E-state index in [-0.39, 0.29) is 0 Å². The van der Waals surface area contributed by atoms with Crippen molar-refractivity contribution in [1.29, 1.82) is 0 Å². The molecule has 0 saturated carbocycles. The highest BCUT2D eigenvalue weighted by Crippen LogP contribution is 2.31. The van der Waals surface area contributed by atoms with Gasteiger partial charge in [0.15, 0.2) is 0 Å². The summed E-state index contributed by atoms with van der Waals surface area (Å²) in [6, 6.07) is 5.51. The first-order valence-electron chi connectivity index (χ1n) is 5.97. The highest BCUT2D eigenvalue weighted by molar-refractivity contribution is 6.30. The summed E-state index contributed by atoms with van der Waals surface area (Å²) in [6.07, 6.45) is 0. The Kier molecular flexibility index (Phi) is 3.90. The van der Waals surface area contributed by atoms with Crippen LogP contribution in [-0.4, -0.2) is 17.0 Å². The molecule has 19 heavy (non-hydrogen) atoms. The van der Waals surface area contributed by atoms with Crippen molar-refractivity contribution in [2.24, 2.45) is 0 Å². The van der Waals surface area contributed by atoms with Gasteiger partial charge in [-0.15, -0.1) is 0 Å². The van der Waals surface area contributed by atoms with Crippen molar-refractivity contribution in [3.63, 3.8) is 0 Å². The lowest BCUT2D eigenvalue weighted by Gasteiger charge is -2.12. The van der Waals surface area contributed by atoms with Gasteiger partial charge in [0.1, 0.15) is 17.4 Å². The summed E-state index contributed by atoms with van der Waals surface area (Å²) in [5.74, 6) is 2.69. The van der Waals surface area contributed by atoms with Crippen LogP contribution in [0.15, 0.2) is 18.2 Å². The third kappa shape index (κ3) is 3.15. The number of ether oxygens (including phenoxy) is 1. The minimum Gasteiger partial charge on any atom is -0.438 e. The molecule has 0 atom stereocenters. The molecule has 0 amide bonds. The largest absolute Gasteiger partial charge is 0.438 e. The van der Waals surface area contributed by atoms with Gasteiger partial charge in [-0.2, -0.15) is 4.98 Å². The van der Waals surface area contributed by atoms with Crippen molar-refractivity contribution in [2.45, 2.75) is 20.8 Å². The maximum absolute atomic E-state index is 6.01. The van der Waals surface area contributed by atoms with Gasteiger partial charge >= 0.3 is 0 Å². The topological polar surface area (TPSA) is 47.0 Å². The molecule has 1 heterocycles. The van der Waals surface area contributed by atoms with E-state index in [1.807, 2.05) is 40.0 Å². The van der Waals surface area contributed by atoms with Gasteiger partial charge in [0.2, 0.25) is 5.88 Å². The summed E-state index contributed by atoms with van der Waals surface area (Å²) in [6.45, 7) is 5.75. The summed E-state index contributed by atoms with van der Waals surface area (Å²) in [5, 5.41) is 3.69. The molecule has 1 aromatic carbocycles. The van der Waals surface area contributed by atoms with Crippen molar-refractivity contribution in [3.8, 4) is 11.6 Å². The van der Waals surface area contributed by atoms with Crippen molar-refractivity contribution < 1.29 is 4.74 Å². The molecular weight excluding hydrogens is 262 g/mol. The maximum Gasteiger partial charge on any atom is 0.224 e. The number of hydrogen-bond donors (Lipinski definition) is 1. The number of nitrogens with one attached hydrogen (secondary N) is 1. The van der Waals surface area contributed by atoms with Crippen LogP contribution in [0, 0.1) is 20.8 Å². The second-order valence-corrected chi connectivity index (χ2v) is 4.80. The van der Waals surface area contributed by atoms with E-state index in [0.29, 0.717) is 16.7 Å². The molecule has 0 bridgehead atoms. The number of anilines is 1. The minimum atomic E-state index is 0.519. The number of aryl methyl sites for hydroxylation is 3. The van der Waals surface area contributed by atoms with Crippen LogP contribution >= 0.6 is 11.6 Å². The van der Waals surface area contributed by atoms with Gasteiger partial charge in [0, 0.05) is 18.1 Å². The summed E-state index contributed by atoms with van der Waals surface area (Å²) in [7, 11) is 1.81. The van der Waals surface area contributed by atoms with Crippen LogP contribution in [-0.2, 0) is 0 Å². The van der Waals surface area contributed by atoms with Gasteiger partial charge in [-0.25, -0.2) is 4.98 Å². The smallest absolute Gasteiger partial charge is 0.224 e. The van der Waals surface area contributed by atoms with Crippen LogP contribution in [0.4, 0.5) is 5.82 Å². The van der Waals surface area contributed by atoms with Gasteiger partial charge < -0.3 is 10.1 Å². The van der Waals surface area contributed by atoms with Crippen LogP contribution in [0.3, 0.4) is 0 Å². The molecule has 0 aliphatic rings. The molecule has 0 aliphatic carbocycles. The molecule has 100 valence electrons. The zero-order chi connectivity index (χ0) is 14.0. The van der Waals surface area contributed by atoms with Gasteiger partial charge in [-0.3, -0.25) is 0 Å². The summed E-state index contributed by atoms with van der Waals surface area (Å²) in [4.78, 5) is 8.50. The van der Waals surface area contributed by atoms with Gasteiger partial charge in [-0.1, -0.05) is 11.6 Å². The normalized spacial score (nSPS) is 10.4. The second-order valence-electron chi connectivity index (χ2n) is 4.36. The molecule has 0 aliphatic heterocycles. The number of benzene rings is 1. The first-order chi connectivity index (χ1) is 8.99. The fourth-order valence-corrected chi connectivity index (χ4v) is 2.21. The lowest BCUT2D eigenvalue weighted by atomic mass is 10.1. The molecule has 2 rings (SSSR count). The highest BCUT2D eigenvalue weighted by atomic mass is 35.5. The predicted octanol–water partition coefficient (Wildman–Crippen LogP) is 3.89. The molecule has 2 aromatic rings. The zero-order valence-corrected chi connectivity index (χ0v) is 12.2. The summed E-state index contributed by atoms with van der Waals surface area (Å²) >= 11 is 6.01. The number of hydrogen-bond acceptors (Lipinski definition) is 4. The number of halogens is 1. The van der Waals surface area contributed by atoms with Crippen LogP contribution < -0.4 is 10.1 Å². The molecule has 4 nitrogen and oxygen atoms in total. The molecule has 0 fully saturated rings. The van der Waals surface area contributed by atoms with Gasteiger partial charge in [0.05, 0.1) is 0 Å². The lowest BCUT2D eigenvalue weighted by molar-refractivity contribution is 0.453. The molecule has 1 N–H and O–H groups in total. The number of nitrogens with zero attached hydrogens (tertiary/aromatic N) is 2. The van der Waals surface area contributed by atoms with E-state index in [1.165, 1.54) is 0 Å². The Morgan fingerprint density at radius 3 is 2.26 bits per heavy atom.